The van der Waals surface area contributed by atoms with Gasteiger partial charge in [0.25, 0.3) is 0 Å². The highest BCUT2D eigenvalue weighted by atomic mass is 35.5. The number of nitrogens with one attached hydrogen (secondary N) is 1. The number of alkyl halides is 1. The molecule has 15 heavy (non-hydrogen) atoms. The lowest BCUT2D eigenvalue weighted by Crippen LogP contribution is -2.23. The summed E-state index contributed by atoms with van der Waals surface area (Å²) in [4.78, 5) is 10.9. The van der Waals surface area contributed by atoms with Crippen molar-refractivity contribution in [2.45, 2.75) is 25.3 Å². The van der Waals surface area contributed by atoms with E-state index in [1.54, 1.807) is 0 Å². The fourth-order valence-electron chi connectivity index (χ4n) is 1.63. The number of hydrogen-bond donors (Lipinski definition) is 1. The monoisotopic (exact) mass is 227 g/mol. The number of nitrogens with zero attached hydrogens (tertiary/aromatic N) is 2. The topological polar surface area (TPSA) is 46.9 Å². The first-order valence-electron chi connectivity index (χ1n) is 5.06. The van der Waals surface area contributed by atoms with Crippen molar-refractivity contribution in [1.82, 2.24) is 15.1 Å². The van der Waals surface area contributed by atoms with E-state index in [1.807, 2.05) is 11.7 Å². The second-order valence-electron chi connectivity index (χ2n) is 3.87. The van der Waals surface area contributed by atoms with Crippen molar-refractivity contribution in [3.63, 3.8) is 0 Å². The van der Waals surface area contributed by atoms with Gasteiger partial charge in [0, 0.05) is 18.7 Å². The van der Waals surface area contributed by atoms with Crippen molar-refractivity contribution in [2.75, 3.05) is 5.88 Å². The minimum atomic E-state index is -0.157. The molecule has 4 nitrogen and oxygen atoms in total. The van der Waals surface area contributed by atoms with E-state index in [-0.39, 0.29) is 11.8 Å². The van der Waals surface area contributed by atoms with Crippen molar-refractivity contribution >= 4 is 17.5 Å². The number of hydrogen-bond acceptors (Lipinski definition) is 2. The van der Waals surface area contributed by atoms with Crippen LogP contribution in [0.5, 0.6) is 0 Å². The van der Waals surface area contributed by atoms with Gasteiger partial charge in [0.2, 0.25) is 5.91 Å². The smallest absolute Gasteiger partial charge is 0.235 e. The molecule has 2 rings (SSSR count). The van der Waals surface area contributed by atoms with E-state index < -0.39 is 0 Å². The van der Waals surface area contributed by atoms with Crippen LogP contribution in [0.1, 0.15) is 30.1 Å². The molecule has 0 spiro atoms. The maximum atomic E-state index is 10.9. The predicted molar refractivity (Wildman–Crippen MR) is 57.7 cm³/mol. The van der Waals surface area contributed by atoms with Crippen LogP contribution in [0.15, 0.2) is 6.07 Å². The Morgan fingerprint density at radius 3 is 3.07 bits per heavy atom. The summed E-state index contributed by atoms with van der Waals surface area (Å²) in [5, 5.41) is 7.04. The zero-order valence-corrected chi connectivity index (χ0v) is 9.42. The van der Waals surface area contributed by atoms with Gasteiger partial charge in [-0.3, -0.25) is 9.48 Å². The molecule has 0 unspecified atom stereocenters. The van der Waals surface area contributed by atoms with E-state index in [4.69, 9.17) is 11.6 Å². The maximum Gasteiger partial charge on any atom is 0.235 e. The van der Waals surface area contributed by atoms with Gasteiger partial charge in [-0.2, -0.15) is 5.10 Å². The van der Waals surface area contributed by atoms with Crippen molar-refractivity contribution in [3.05, 3.63) is 17.5 Å². The highest BCUT2D eigenvalue weighted by molar-refractivity contribution is 6.27. The Morgan fingerprint density at radius 2 is 2.47 bits per heavy atom. The standard InChI is InChI=1S/C10H14ClN3O/c1-14-9(7-2-3-7)4-8(13-14)6-12-10(15)5-11/h4,7H,2-3,5-6H2,1H3,(H,12,15). The molecule has 0 bridgehead atoms. The molecule has 1 heterocycles. The summed E-state index contributed by atoms with van der Waals surface area (Å²) in [6.07, 6.45) is 2.51. The van der Waals surface area contributed by atoms with Crippen LogP contribution in [0.3, 0.4) is 0 Å². The van der Waals surface area contributed by atoms with Crippen LogP contribution in [-0.4, -0.2) is 21.6 Å². The molecule has 1 amide bonds. The molecule has 0 atom stereocenters. The summed E-state index contributed by atoms with van der Waals surface area (Å²) in [5.74, 6) is 0.526. The first-order chi connectivity index (χ1) is 7.20. The fraction of sp³-hybridized carbons (Fsp3) is 0.600. The molecule has 1 aliphatic carbocycles. The number of carbonyl (C=O) groups excluding carboxylic acids is 1. The number of carbonyl (C=O) groups is 1. The predicted octanol–water partition coefficient (Wildman–Crippen LogP) is 1.15. The van der Waals surface area contributed by atoms with Gasteiger partial charge >= 0.3 is 0 Å². The Labute approximate surface area is 93.6 Å². The molecule has 1 fully saturated rings. The Balaban J connectivity index is 1.96. The minimum Gasteiger partial charge on any atom is -0.349 e. The first kappa shape index (κ1) is 10.5. The molecule has 1 saturated carbocycles. The first-order valence-corrected chi connectivity index (χ1v) is 5.59. The molecule has 1 aliphatic rings. The largest absolute Gasteiger partial charge is 0.349 e. The van der Waals surface area contributed by atoms with Gasteiger partial charge in [0.15, 0.2) is 0 Å². The molecule has 0 radical (unpaired) electrons. The fourth-order valence-corrected chi connectivity index (χ4v) is 1.72. The van der Waals surface area contributed by atoms with Gasteiger partial charge < -0.3 is 5.32 Å². The van der Waals surface area contributed by atoms with Gasteiger partial charge in [-0.05, 0) is 18.9 Å². The number of amides is 1. The zero-order valence-electron chi connectivity index (χ0n) is 8.66. The van der Waals surface area contributed by atoms with Crippen molar-refractivity contribution in [3.8, 4) is 0 Å². The Bertz CT molecular complexity index is 371. The lowest BCUT2D eigenvalue weighted by Gasteiger charge is -1.98. The van der Waals surface area contributed by atoms with E-state index >= 15 is 0 Å². The summed E-state index contributed by atoms with van der Waals surface area (Å²) in [6, 6.07) is 2.06. The molecule has 1 aromatic rings. The second-order valence-corrected chi connectivity index (χ2v) is 4.14. The van der Waals surface area contributed by atoms with Crippen LogP contribution in [0.4, 0.5) is 0 Å². The Kier molecular flexibility index (Phi) is 2.95. The van der Waals surface area contributed by atoms with Crippen LogP contribution >= 0.6 is 11.6 Å². The number of aromatic nitrogens is 2. The second kappa shape index (κ2) is 4.23. The zero-order chi connectivity index (χ0) is 10.8. The molecule has 82 valence electrons. The third-order valence-electron chi connectivity index (χ3n) is 2.55. The van der Waals surface area contributed by atoms with Crippen molar-refractivity contribution in [1.29, 1.82) is 0 Å². The van der Waals surface area contributed by atoms with E-state index in [1.165, 1.54) is 18.5 Å². The van der Waals surface area contributed by atoms with Crippen LogP contribution < -0.4 is 5.32 Å². The van der Waals surface area contributed by atoms with E-state index in [0.717, 1.165) is 5.69 Å². The Hall–Kier alpha value is -1.03. The van der Waals surface area contributed by atoms with Crippen LogP contribution in [0.25, 0.3) is 0 Å². The quantitative estimate of drug-likeness (QED) is 0.785. The molecule has 0 saturated heterocycles. The molecular weight excluding hydrogens is 214 g/mol. The molecule has 1 aromatic heterocycles. The van der Waals surface area contributed by atoms with Crippen LogP contribution in [-0.2, 0) is 18.4 Å². The van der Waals surface area contributed by atoms with Crippen LogP contribution in [0, 0.1) is 0 Å². The normalized spacial score (nSPS) is 15.3. The minimum absolute atomic E-state index is 0.00230. The third kappa shape index (κ3) is 2.50. The average molecular weight is 228 g/mol. The van der Waals surface area contributed by atoms with Gasteiger partial charge in [0.1, 0.15) is 5.88 Å². The van der Waals surface area contributed by atoms with Crippen LogP contribution in [0.2, 0.25) is 0 Å². The summed E-state index contributed by atoms with van der Waals surface area (Å²) >= 11 is 5.38. The summed E-state index contributed by atoms with van der Waals surface area (Å²) in [6.45, 7) is 0.464. The summed E-state index contributed by atoms with van der Waals surface area (Å²) in [7, 11) is 1.94. The lowest BCUT2D eigenvalue weighted by molar-refractivity contribution is -0.118. The highest BCUT2D eigenvalue weighted by Crippen LogP contribution is 2.39. The summed E-state index contributed by atoms with van der Waals surface area (Å²) in [5.41, 5.74) is 2.17. The lowest BCUT2D eigenvalue weighted by atomic mass is 10.2. The van der Waals surface area contributed by atoms with Crippen molar-refractivity contribution in [2.24, 2.45) is 7.05 Å². The summed E-state index contributed by atoms with van der Waals surface area (Å²) < 4.78 is 1.90. The SMILES string of the molecule is Cn1nc(CNC(=O)CCl)cc1C1CC1. The van der Waals surface area contributed by atoms with Crippen molar-refractivity contribution < 1.29 is 4.79 Å². The van der Waals surface area contributed by atoms with E-state index in [9.17, 15) is 4.79 Å². The van der Waals surface area contributed by atoms with Gasteiger partial charge in [-0.15, -0.1) is 11.6 Å². The van der Waals surface area contributed by atoms with Gasteiger partial charge in [-0.25, -0.2) is 0 Å². The molecule has 1 N–H and O–H groups in total. The number of rotatable bonds is 4. The molecule has 0 aromatic carbocycles. The third-order valence-corrected chi connectivity index (χ3v) is 2.79. The number of halogens is 1. The molecular formula is C10H14ClN3O. The Morgan fingerprint density at radius 1 is 1.73 bits per heavy atom. The number of aryl methyl sites for hydroxylation is 1. The molecule has 5 heteroatoms. The average Bonchev–Trinajstić information content (AvgIpc) is 3.00. The van der Waals surface area contributed by atoms with Gasteiger partial charge in [-0.1, -0.05) is 0 Å². The van der Waals surface area contributed by atoms with Gasteiger partial charge in [0.05, 0.1) is 12.2 Å². The van der Waals surface area contributed by atoms with E-state index in [2.05, 4.69) is 16.5 Å². The maximum absolute atomic E-state index is 10.9. The highest BCUT2D eigenvalue weighted by Gasteiger charge is 2.27. The molecule has 0 aliphatic heterocycles. The van der Waals surface area contributed by atoms with E-state index in [0.29, 0.717) is 12.5 Å².